The summed E-state index contributed by atoms with van der Waals surface area (Å²) in [6.45, 7) is 7.10. The molecule has 0 bridgehead atoms. The van der Waals surface area contributed by atoms with Crippen molar-refractivity contribution in [1.82, 2.24) is 24.9 Å². The largest absolute Gasteiger partial charge is 0.416 e. The van der Waals surface area contributed by atoms with Crippen molar-refractivity contribution in [2.75, 3.05) is 11.1 Å². The van der Waals surface area contributed by atoms with Gasteiger partial charge in [0.1, 0.15) is 11.6 Å². The summed E-state index contributed by atoms with van der Waals surface area (Å²) in [5, 5.41) is 15.0. The Morgan fingerprint density at radius 1 is 1.14 bits per heavy atom. The first-order valence-electron chi connectivity index (χ1n) is 9.37. The van der Waals surface area contributed by atoms with Crippen molar-refractivity contribution in [2.45, 2.75) is 52.0 Å². The zero-order valence-corrected chi connectivity index (χ0v) is 16.3. The topological polar surface area (TPSA) is 93.2 Å². The highest BCUT2D eigenvalue weighted by atomic mass is 19.4. The number of halogens is 3. The molecule has 10 heteroatoms. The predicted molar refractivity (Wildman–Crippen MR) is 103 cm³/mol. The van der Waals surface area contributed by atoms with Gasteiger partial charge in [0.05, 0.1) is 11.6 Å². The van der Waals surface area contributed by atoms with Crippen LogP contribution in [-0.2, 0) is 19.3 Å². The Hall–Kier alpha value is -2.88. The monoisotopic (exact) mass is 405 g/mol. The molecule has 0 fully saturated rings. The van der Waals surface area contributed by atoms with E-state index in [0.29, 0.717) is 30.2 Å². The number of nitrogens with zero attached hydrogens (tertiary/aromatic N) is 4. The van der Waals surface area contributed by atoms with Crippen molar-refractivity contribution in [3.8, 4) is 0 Å². The fraction of sp³-hybridized carbons (Fsp3) is 0.421. The van der Waals surface area contributed by atoms with Crippen molar-refractivity contribution >= 4 is 17.3 Å². The summed E-state index contributed by atoms with van der Waals surface area (Å²) < 4.78 is 41.4. The number of hydrogen-bond donors (Lipinski definition) is 3. The molecule has 1 atom stereocenters. The van der Waals surface area contributed by atoms with Gasteiger partial charge in [-0.05, 0) is 30.7 Å². The highest BCUT2D eigenvalue weighted by Crippen LogP contribution is 2.34. The SMILES string of the molecule is CC(C)c1nnc2nc(N[C@H](C)c3cc(N)cc(C(F)(F)F)c3)c3c(n12)CNC3. The predicted octanol–water partition coefficient (Wildman–Crippen LogP) is 3.63. The van der Waals surface area contributed by atoms with Gasteiger partial charge in [-0.15, -0.1) is 10.2 Å². The Morgan fingerprint density at radius 3 is 2.59 bits per heavy atom. The molecule has 4 rings (SSSR count). The molecule has 0 aliphatic carbocycles. The molecule has 1 aliphatic rings. The number of anilines is 2. The molecule has 29 heavy (non-hydrogen) atoms. The van der Waals surface area contributed by atoms with Crippen molar-refractivity contribution in [1.29, 1.82) is 0 Å². The van der Waals surface area contributed by atoms with Crippen LogP contribution in [0.4, 0.5) is 24.7 Å². The average Bonchev–Trinajstić information content (AvgIpc) is 3.26. The van der Waals surface area contributed by atoms with Crippen LogP contribution in [0.25, 0.3) is 5.78 Å². The molecule has 7 nitrogen and oxygen atoms in total. The van der Waals surface area contributed by atoms with Gasteiger partial charge < -0.3 is 16.4 Å². The van der Waals surface area contributed by atoms with Crippen LogP contribution in [0.5, 0.6) is 0 Å². The van der Waals surface area contributed by atoms with Gasteiger partial charge in [-0.1, -0.05) is 13.8 Å². The second-order valence-electron chi connectivity index (χ2n) is 7.59. The Balaban J connectivity index is 1.73. The van der Waals surface area contributed by atoms with E-state index in [1.165, 1.54) is 6.07 Å². The number of alkyl halides is 3. The van der Waals surface area contributed by atoms with E-state index in [2.05, 4.69) is 25.8 Å². The van der Waals surface area contributed by atoms with Gasteiger partial charge in [0.2, 0.25) is 0 Å². The van der Waals surface area contributed by atoms with E-state index in [4.69, 9.17) is 5.73 Å². The lowest BCUT2D eigenvalue weighted by atomic mass is 10.0. The Morgan fingerprint density at radius 2 is 1.90 bits per heavy atom. The summed E-state index contributed by atoms with van der Waals surface area (Å²) in [7, 11) is 0. The third-order valence-corrected chi connectivity index (χ3v) is 5.06. The van der Waals surface area contributed by atoms with Crippen molar-refractivity contribution < 1.29 is 13.2 Å². The van der Waals surface area contributed by atoms with Gasteiger partial charge in [-0.3, -0.25) is 4.40 Å². The summed E-state index contributed by atoms with van der Waals surface area (Å²) in [5.74, 6) is 2.07. The van der Waals surface area contributed by atoms with Crippen LogP contribution in [0.15, 0.2) is 18.2 Å². The molecule has 0 spiro atoms. The van der Waals surface area contributed by atoms with Crippen LogP contribution in [0, 0.1) is 0 Å². The maximum absolute atomic E-state index is 13.1. The van der Waals surface area contributed by atoms with Crippen molar-refractivity contribution in [3.63, 3.8) is 0 Å². The molecule has 4 N–H and O–H groups in total. The van der Waals surface area contributed by atoms with E-state index in [0.717, 1.165) is 29.2 Å². The smallest absolute Gasteiger partial charge is 0.399 e. The Labute approximate surface area is 165 Å². The van der Waals surface area contributed by atoms with E-state index in [-0.39, 0.29) is 11.6 Å². The molecule has 2 aromatic heterocycles. The van der Waals surface area contributed by atoms with Gasteiger partial charge >= 0.3 is 6.18 Å². The van der Waals surface area contributed by atoms with Gasteiger partial charge in [-0.25, -0.2) is 0 Å². The minimum Gasteiger partial charge on any atom is -0.399 e. The normalized spacial score (nSPS) is 15.1. The average molecular weight is 405 g/mol. The molecular weight excluding hydrogens is 383 g/mol. The zero-order valence-electron chi connectivity index (χ0n) is 16.3. The quantitative estimate of drug-likeness (QED) is 0.574. The van der Waals surface area contributed by atoms with E-state index < -0.39 is 17.8 Å². The second-order valence-corrected chi connectivity index (χ2v) is 7.59. The number of benzene rings is 1. The number of nitrogens with one attached hydrogen (secondary N) is 2. The number of hydrogen-bond acceptors (Lipinski definition) is 6. The molecule has 1 aromatic carbocycles. The van der Waals surface area contributed by atoms with E-state index in [9.17, 15) is 13.2 Å². The van der Waals surface area contributed by atoms with Crippen LogP contribution in [-0.4, -0.2) is 19.6 Å². The molecule has 3 heterocycles. The Kier molecular flexibility index (Phi) is 4.60. The molecule has 0 saturated heterocycles. The van der Waals surface area contributed by atoms with Gasteiger partial charge in [0.25, 0.3) is 5.78 Å². The summed E-state index contributed by atoms with van der Waals surface area (Å²) in [4.78, 5) is 4.59. The molecule has 0 unspecified atom stereocenters. The standard InChI is InChI=1S/C19H22F3N7/c1-9(2)17-27-28-18-26-16(14-7-24-8-15(14)29(17)18)25-10(3)11-4-12(19(20,21)22)6-13(23)5-11/h4-6,9-10,24H,7-8,23H2,1-3H3,(H,25,26,28)/t10-/m1/s1. The fourth-order valence-corrected chi connectivity index (χ4v) is 3.61. The minimum atomic E-state index is -4.46. The van der Waals surface area contributed by atoms with Crippen molar-refractivity contribution in [3.05, 3.63) is 46.4 Å². The number of nitrogens with two attached hydrogens (primary N) is 1. The minimum absolute atomic E-state index is 0.0674. The van der Waals surface area contributed by atoms with E-state index in [1.807, 2.05) is 18.2 Å². The number of rotatable bonds is 4. The van der Waals surface area contributed by atoms with Gasteiger partial charge in [0.15, 0.2) is 0 Å². The lowest BCUT2D eigenvalue weighted by Crippen LogP contribution is -2.14. The fourth-order valence-electron chi connectivity index (χ4n) is 3.61. The van der Waals surface area contributed by atoms with Gasteiger partial charge in [-0.2, -0.15) is 18.2 Å². The van der Waals surface area contributed by atoms with Gasteiger partial charge in [0, 0.05) is 36.0 Å². The molecule has 0 saturated carbocycles. The molecular formula is C19H22F3N7. The van der Waals surface area contributed by atoms with Crippen LogP contribution >= 0.6 is 0 Å². The van der Waals surface area contributed by atoms with Crippen LogP contribution < -0.4 is 16.4 Å². The first-order chi connectivity index (χ1) is 13.6. The third-order valence-electron chi connectivity index (χ3n) is 5.06. The van der Waals surface area contributed by atoms with E-state index in [1.54, 1.807) is 6.92 Å². The molecule has 154 valence electrons. The first kappa shape index (κ1) is 19.4. The zero-order chi connectivity index (χ0) is 20.9. The Bertz CT molecular complexity index is 1070. The van der Waals surface area contributed by atoms with Crippen LogP contribution in [0.2, 0.25) is 0 Å². The van der Waals surface area contributed by atoms with E-state index >= 15 is 0 Å². The highest BCUT2D eigenvalue weighted by molar-refractivity contribution is 5.56. The maximum Gasteiger partial charge on any atom is 0.416 e. The lowest BCUT2D eigenvalue weighted by molar-refractivity contribution is -0.137. The third kappa shape index (κ3) is 3.48. The second kappa shape index (κ2) is 6.87. The number of nitrogen functional groups attached to an aromatic ring is 1. The van der Waals surface area contributed by atoms with Crippen LogP contribution in [0.3, 0.4) is 0 Å². The summed E-state index contributed by atoms with van der Waals surface area (Å²) in [5.41, 5.74) is 7.42. The van der Waals surface area contributed by atoms with Crippen LogP contribution in [0.1, 0.15) is 60.9 Å². The highest BCUT2D eigenvalue weighted by Gasteiger charge is 2.32. The summed E-state index contributed by atoms with van der Waals surface area (Å²) in [6.07, 6.45) is -4.46. The first-order valence-corrected chi connectivity index (χ1v) is 9.37. The van der Waals surface area contributed by atoms with Crippen molar-refractivity contribution in [2.24, 2.45) is 0 Å². The number of aromatic nitrogens is 4. The molecule has 3 aromatic rings. The lowest BCUT2D eigenvalue weighted by Gasteiger charge is -2.20. The summed E-state index contributed by atoms with van der Waals surface area (Å²) in [6, 6.07) is 3.15. The molecule has 1 aliphatic heterocycles. The number of fused-ring (bicyclic) bond motifs is 3. The molecule has 0 amide bonds. The maximum atomic E-state index is 13.1. The summed E-state index contributed by atoms with van der Waals surface area (Å²) >= 11 is 0. The molecule has 0 radical (unpaired) electrons.